The summed E-state index contributed by atoms with van der Waals surface area (Å²) < 4.78 is 5.64. The molecular weight excluding hydrogens is 274 g/mol. The first-order chi connectivity index (χ1) is 10.8. The van der Waals surface area contributed by atoms with Crippen LogP contribution in [0.4, 0.5) is 0 Å². The average Bonchev–Trinajstić information content (AvgIpc) is 3.40. The number of likely N-dealkylation sites (tertiary alicyclic amines) is 1. The number of carbonyl (C=O) groups is 1. The number of rotatable bonds is 5. The molecule has 0 unspecified atom stereocenters. The predicted octanol–water partition coefficient (Wildman–Crippen LogP) is 4.19. The van der Waals surface area contributed by atoms with Crippen molar-refractivity contribution in [3.8, 4) is 5.75 Å². The Balaban J connectivity index is 1.54. The zero-order chi connectivity index (χ0) is 15.4. The minimum atomic E-state index is 0.153. The maximum absolute atomic E-state index is 12.5. The summed E-state index contributed by atoms with van der Waals surface area (Å²) in [5.74, 6) is 1.00. The van der Waals surface area contributed by atoms with Crippen molar-refractivity contribution in [3.05, 3.63) is 41.0 Å². The van der Waals surface area contributed by atoms with E-state index in [2.05, 4.69) is 6.92 Å². The molecule has 3 nitrogen and oxygen atoms in total. The second-order valence-electron chi connectivity index (χ2n) is 6.23. The molecule has 2 aliphatic rings. The average molecular weight is 299 g/mol. The Hall–Kier alpha value is -1.77. The number of hydrogen-bond acceptors (Lipinski definition) is 2. The molecule has 1 heterocycles. The minimum Gasteiger partial charge on any atom is -0.494 e. The van der Waals surface area contributed by atoms with Crippen LogP contribution >= 0.6 is 0 Å². The molecule has 0 atom stereocenters. The van der Waals surface area contributed by atoms with Gasteiger partial charge >= 0.3 is 0 Å². The topological polar surface area (TPSA) is 29.5 Å². The van der Waals surface area contributed by atoms with Crippen LogP contribution in [0.2, 0.25) is 0 Å². The molecule has 1 saturated carbocycles. The summed E-state index contributed by atoms with van der Waals surface area (Å²) >= 11 is 0. The molecule has 1 aromatic carbocycles. The highest BCUT2D eigenvalue weighted by Crippen LogP contribution is 2.36. The molecule has 0 spiro atoms. The quantitative estimate of drug-likeness (QED) is 0.602. The van der Waals surface area contributed by atoms with E-state index in [1.54, 1.807) is 11.1 Å². The molecule has 0 bridgehead atoms. The van der Waals surface area contributed by atoms with Crippen LogP contribution in [-0.4, -0.2) is 30.5 Å². The second-order valence-corrected chi connectivity index (χ2v) is 6.23. The van der Waals surface area contributed by atoms with Crippen molar-refractivity contribution in [2.45, 2.75) is 45.4 Å². The number of benzene rings is 1. The van der Waals surface area contributed by atoms with Crippen molar-refractivity contribution >= 4 is 5.91 Å². The van der Waals surface area contributed by atoms with Gasteiger partial charge in [-0.3, -0.25) is 4.79 Å². The van der Waals surface area contributed by atoms with Crippen molar-refractivity contribution in [1.29, 1.82) is 0 Å². The molecule has 0 radical (unpaired) electrons. The number of nitrogens with zero attached hydrogens (tertiary/aromatic N) is 1. The van der Waals surface area contributed by atoms with Gasteiger partial charge in [0.1, 0.15) is 5.75 Å². The second kappa shape index (κ2) is 6.99. The number of unbranched alkanes of at least 4 members (excludes halogenated alkanes) is 1. The standard InChI is InChI=1S/C19H25NO2/c1-2-3-14-22-18-8-6-17(7-9-18)19(21)20-12-10-16(11-13-20)15-4-5-15/h6-9H,2-5,10-14H2,1H3. The third-order valence-electron chi connectivity index (χ3n) is 4.52. The van der Waals surface area contributed by atoms with E-state index < -0.39 is 0 Å². The van der Waals surface area contributed by atoms with Crippen molar-refractivity contribution < 1.29 is 9.53 Å². The maximum atomic E-state index is 12.5. The summed E-state index contributed by atoms with van der Waals surface area (Å²) in [6, 6.07) is 7.59. The molecular formula is C19H25NO2. The van der Waals surface area contributed by atoms with Gasteiger partial charge in [-0.15, -0.1) is 0 Å². The van der Waals surface area contributed by atoms with E-state index in [0.29, 0.717) is 0 Å². The Morgan fingerprint density at radius 1 is 1.05 bits per heavy atom. The largest absolute Gasteiger partial charge is 0.494 e. The van der Waals surface area contributed by atoms with Crippen molar-refractivity contribution in [2.24, 2.45) is 0 Å². The lowest BCUT2D eigenvalue weighted by Gasteiger charge is -2.28. The van der Waals surface area contributed by atoms with Gasteiger partial charge in [-0.1, -0.05) is 24.5 Å². The Morgan fingerprint density at radius 2 is 1.68 bits per heavy atom. The van der Waals surface area contributed by atoms with Crippen molar-refractivity contribution in [3.63, 3.8) is 0 Å². The van der Waals surface area contributed by atoms with Crippen LogP contribution in [0.3, 0.4) is 0 Å². The Bertz CT molecular complexity index is 543. The number of hydrogen-bond donors (Lipinski definition) is 0. The van der Waals surface area contributed by atoms with Gasteiger partial charge in [-0.25, -0.2) is 0 Å². The summed E-state index contributed by atoms with van der Waals surface area (Å²) in [7, 11) is 0. The van der Waals surface area contributed by atoms with Crippen LogP contribution in [0, 0.1) is 0 Å². The molecule has 3 heteroatoms. The lowest BCUT2D eigenvalue weighted by Crippen LogP contribution is -2.36. The molecule has 1 saturated heterocycles. The first-order valence-corrected chi connectivity index (χ1v) is 8.50. The highest BCUT2D eigenvalue weighted by atomic mass is 16.5. The van der Waals surface area contributed by atoms with E-state index in [-0.39, 0.29) is 5.91 Å². The van der Waals surface area contributed by atoms with E-state index in [9.17, 15) is 4.79 Å². The lowest BCUT2D eigenvalue weighted by atomic mass is 10.0. The smallest absolute Gasteiger partial charge is 0.253 e. The van der Waals surface area contributed by atoms with E-state index in [0.717, 1.165) is 56.7 Å². The lowest BCUT2D eigenvalue weighted by molar-refractivity contribution is 0.0743. The van der Waals surface area contributed by atoms with E-state index >= 15 is 0 Å². The number of amides is 1. The molecule has 1 aromatic rings. The van der Waals surface area contributed by atoms with E-state index in [1.807, 2.05) is 29.2 Å². The first-order valence-electron chi connectivity index (χ1n) is 8.50. The molecule has 0 N–H and O–H groups in total. The SMILES string of the molecule is CCCCOc1ccc(C(=O)N2CCC(=C3CC3)CC2)cc1. The molecule has 1 aliphatic carbocycles. The fraction of sp³-hybridized carbons (Fsp3) is 0.526. The van der Waals surface area contributed by atoms with Crippen LogP contribution < -0.4 is 4.74 Å². The number of carbonyl (C=O) groups excluding carboxylic acids is 1. The summed E-state index contributed by atoms with van der Waals surface area (Å²) in [6.07, 6.45) is 6.92. The molecule has 3 rings (SSSR count). The Morgan fingerprint density at radius 3 is 2.27 bits per heavy atom. The Kier molecular flexibility index (Phi) is 4.81. The van der Waals surface area contributed by atoms with Crippen LogP contribution in [0.15, 0.2) is 35.4 Å². The number of allylic oxidation sites excluding steroid dienone is 1. The highest BCUT2D eigenvalue weighted by molar-refractivity contribution is 5.94. The first kappa shape index (κ1) is 15.1. The summed E-state index contributed by atoms with van der Waals surface area (Å²) in [6.45, 7) is 4.63. The summed E-state index contributed by atoms with van der Waals surface area (Å²) in [4.78, 5) is 14.5. The molecule has 1 aliphatic heterocycles. The molecule has 2 fully saturated rings. The van der Waals surface area contributed by atoms with Crippen LogP contribution in [0.5, 0.6) is 5.75 Å². The van der Waals surface area contributed by atoms with Gasteiger partial charge in [0.05, 0.1) is 6.61 Å². The van der Waals surface area contributed by atoms with E-state index in [4.69, 9.17) is 4.74 Å². The Labute approximate surface area is 133 Å². The van der Waals surface area contributed by atoms with Gasteiger partial charge in [0, 0.05) is 18.7 Å². The van der Waals surface area contributed by atoms with Crippen LogP contribution in [0.1, 0.15) is 55.8 Å². The van der Waals surface area contributed by atoms with Gasteiger partial charge in [0.25, 0.3) is 5.91 Å². The van der Waals surface area contributed by atoms with Crippen molar-refractivity contribution in [2.75, 3.05) is 19.7 Å². The predicted molar refractivity (Wildman–Crippen MR) is 88.2 cm³/mol. The molecule has 0 aromatic heterocycles. The third kappa shape index (κ3) is 3.70. The summed E-state index contributed by atoms with van der Waals surface area (Å²) in [5.41, 5.74) is 4.04. The highest BCUT2D eigenvalue weighted by Gasteiger charge is 2.24. The van der Waals surface area contributed by atoms with E-state index in [1.165, 1.54) is 12.8 Å². The summed E-state index contributed by atoms with van der Waals surface area (Å²) in [5, 5.41) is 0. The maximum Gasteiger partial charge on any atom is 0.253 e. The number of ether oxygens (including phenoxy) is 1. The molecule has 22 heavy (non-hydrogen) atoms. The minimum absolute atomic E-state index is 0.153. The van der Waals surface area contributed by atoms with Gasteiger partial charge < -0.3 is 9.64 Å². The van der Waals surface area contributed by atoms with Gasteiger partial charge in [-0.2, -0.15) is 0 Å². The van der Waals surface area contributed by atoms with Gasteiger partial charge in [-0.05, 0) is 56.4 Å². The van der Waals surface area contributed by atoms with Gasteiger partial charge in [0.2, 0.25) is 0 Å². The fourth-order valence-corrected chi connectivity index (χ4v) is 2.96. The third-order valence-corrected chi connectivity index (χ3v) is 4.52. The molecule has 1 amide bonds. The monoisotopic (exact) mass is 299 g/mol. The zero-order valence-corrected chi connectivity index (χ0v) is 13.4. The van der Waals surface area contributed by atoms with Gasteiger partial charge in [0.15, 0.2) is 0 Å². The normalized spacial score (nSPS) is 17.6. The zero-order valence-electron chi connectivity index (χ0n) is 13.4. The fourth-order valence-electron chi connectivity index (χ4n) is 2.96. The van der Waals surface area contributed by atoms with Crippen molar-refractivity contribution in [1.82, 2.24) is 4.90 Å². The van der Waals surface area contributed by atoms with Crippen LogP contribution in [0.25, 0.3) is 0 Å². The molecule has 118 valence electrons. The van der Waals surface area contributed by atoms with Crippen LogP contribution in [-0.2, 0) is 0 Å². The number of piperidine rings is 1.